The molecule has 4 nitrogen and oxygen atoms in total. The van der Waals surface area contributed by atoms with E-state index in [0.29, 0.717) is 16.5 Å². The maximum atomic E-state index is 12.2. The molecule has 1 fully saturated rings. The Morgan fingerprint density at radius 3 is 2.74 bits per heavy atom. The van der Waals surface area contributed by atoms with Gasteiger partial charge in [-0.25, -0.2) is 13.1 Å². The van der Waals surface area contributed by atoms with Gasteiger partial charge in [-0.2, -0.15) is 0 Å². The van der Waals surface area contributed by atoms with E-state index in [0.717, 1.165) is 19.3 Å². The SMILES string of the molecule is CC1CCC(NS(=O)(=O)c2ccc(Cl)c(CO)c2)C1. The van der Waals surface area contributed by atoms with Crippen LogP contribution in [-0.2, 0) is 16.6 Å². The zero-order chi connectivity index (χ0) is 14.0. The highest BCUT2D eigenvalue weighted by atomic mass is 35.5. The van der Waals surface area contributed by atoms with Crippen LogP contribution in [0.1, 0.15) is 31.7 Å². The van der Waals surface area contributed by atoms with Crippen LogP contribution < -0.4 is 4.72 Å². The van der Waals surface area contributed by atoms with Gasteiger partial charge in [-0.05, 0) is 48.9 Å². The van der Waals surface area contributed by atoms with E-state index in [2.05, 4.69) is 11.6 Å². The molecule has 0 spiro atoms. The average Bonchev–Trinajstić information content (AvgIpc) is 2.74. The summed E-state index contributed by atoms with van der Waals surface area (Å²) in [5, 5.41) is 9.50. The largest absolute Gasteiger partial charge is 0.392 e. The van der Waals surface area contributed by atoms with Gasteiger partial charge in [0.05, 0.1) is 11.5 Å². The summed E-state index contributed by atoms with van der Waals surface area (Å²) < 4.78 is 27.2. The van der Waals surface area contributed by atoms with Crippen molar-refractivity contribution in [2.75, 3.05) is 0 Å². The van der Waals surface area contributed by atoms with Crippen LogP contribution >= 0.6 is 11.6 Å². The number of sulfonamides is 1. The number of aliphatic hydroxyl groups is 1. The number of halogens is 1. The molecule has 0 radical (unpaired) electrons. The minimum absolute atomic E-state index is 0.00764. The fraction of sp³-hybridized carbons (Fsp3) is 0.538. The van der Waals surface area contributed by atoms with Crippen molar-refractivity contribution >= 4 is 21.6 Å². The van der Waals surface area contributed by atoms with E-state index in [9.17, 15) is 8.42 Å². The van der Waals surface area contributed by atoms with Crippen molar-refractivity contribution in [2.24, 2.45) is 5.92 Å². The molecule has 6 heteroatoms. The summed E-state index contributed by atoms with van der Waals surface area (Å²) in [7, 11) is -3.54. The second-order valence-corrected chi connectivity index (χ2v) is 7.27. The van der Waals surface area contributed by atoms with E-state index in [-0.39, 0.29) is 17.5 Å². The lowest BCUT2D eigenvalue weighted by Gasteiger charge is -2.14. The summed E-state index contributed by atoms with van der Waals surface area (Å²) in [4.78, 5) is 0.153. The Labute approximate surface area is 118 Å². The summed E-state index contributed by atoms with van der Waals surface area (Å²) in [6.45, 7) is 1.85. The predicted molar refractivity (Wildman–Crippen MR) is 74.5 cm³/mol. The van der Waals surface area contributed by atoms with Crippen molar-refractivity contribution in [3.8, 4) is 0 Å². The summed E-state index contributed by atoms with van der Waals surface area (Å²) in [6, 6.07) is 4.39. The lowest BCUT2D eigenvalue weighted by molar-refractivity contribution is 0.281. The first-order chi connectivity index (χ1) is 8.92. The molecule has 1 aromatic carbocycles. The van der Waals surface area contributed by atoms with Gasteiger partial charge in [-0.3, -0.25) is 0 Å². The summed E-state index contributed by atoms with van der Waals surface area (Å²) >= 11 is 5.86. The number of aliphatic hydroxyl groups excluding tert-OH is 1. The Kier molecular flexibility index (Phi) is 4.50. The van der Waals surface area contributed by atoms with E-state index in [4.69, 9.17) is 16.7 Å². The fourth-order valence-corrected chi connectivity index (χ4v) is 3.95. The van der Waals surface area contributed by atoms with Crippen LogP contribution in [0, 0.1) is 5.92 Å². The van der Waals surface area contributed by atoms with Gasteiger partial charge in [0, 0.05) is 11.1 Å². The summed E-state index contributed by atoms with van der Waals surface area (Å²) in [5.41, 5.74) is 0.421. The first-order valence-corrected chi connectivity index (χ1v) is 8.20. The number of hydrogen-bond acceptors (Lipinski definition) is 3. The highest BCUT2D eigenvalue weighted by Crippen LogP contribution is 2.27. The summed E-state index contributed by atoms with van der Waals surface area (Å²) in [5.74, 6) is 0.561. The molecule has 0 amide bonds. The molecule has 0 aromatic heterocycles. The van der Waals surface area contributed by atoms with Crippen LogP contribution in [0.3, 0.4) is 0 Å². The van der Waals surface area contributed by atoms with Gasteiger partial charge in [0.1, 0.15) is 0 Å². The van der Waals surface area contributed by atoms with E-state index >= 15 is 0 Å². The molecular weight excluding hydrogens is 286 g/mol. The smallest absolute Gasteiger partial charge is 0.240 e. The van der Waals surface area contributed by atoms with Gasteiger partial charge in [0.2, 0.25) is 10.0 Å². The lowest BCUT2D eigenvalue weighted by atomic mass is 10.1. The van der Waals surface area contributed by atoms with Gasteiger partial charge >= 0.3 is 0 Å². The molecule has 0 heterocycles. The second kappa shape index (κ2) is 5.79. The Balaban J connectivity index is 2.19. The molecule has 106 valence electrons. The minimum Gasteiger partial charge on any atom is -0.392 e. The molecule has 1 aliphatic carbocycles. The summed E-state index contributed by atoms with van der Waals surface area (Å²) in [6.07, 6.45) is 2.80. The molecular formula is C13H18ClNO3S. The molecule has 0 bridgehead atoms. The van der Waals surface area contributed by atoms with Gasteiger partial charge in [0.25, 0.3) is 0 Å². The van der Waals surface area contributed by atoms with Gasteiger partial charge in [-0.15, -0.1) is 0 Å². The lowest BCUT2D eigenvalue weighted by Crippen LogP contribution is -2.33. The molecule has 2 atom stereocenters. The molecule has 1 saturated carbocycles. The van der Waals surface area contributed by atoms with Crippen LogP contribution in [0.2, 0.25) is 5.02 Å². The molecule has 0 saturated heterocycles. The van der Waals surface area contributed by atoms with Gasteiger partial charge < -0.3 is 5.11 Å². The molecule has 19 heavy (non-hydrogen) atoms. The number of hydrogen-bond donors (Lipinski definition) is 2. The normalized spacial score (nSPS) is 23.7. The Morgan fingerprint density at radius 1 is 1.42 bits per heavy atom. The van der Waals surface area contributed by atoms with Crippen molar-refractivity contribution in [1.29, 1.82) is 0 Å². The van der Waals surface area contributed by atoms with E-state index in [1.54, 1.807) is 0 Å². The average molecular weight is 304 g/mol. The highest BCUT2D eigenvalue weighted by molar-refractivity contribution is 7.89. The van der Waals surface area contributed by atoms with Crippen molar-refractivity contribution in [2.45, 2.75) is 43.7 Å². The third-order valence-electron chi connectivity index (χ3n) is 3.51. The Hall–Kier alpha value is -0.620. The third-order valence-corrected chi connectivity index (χ3v) is 5.40. The van der Waals surface area contributed by atoms with Crippen LogP contribution in [0.15, 0.2) is 23.1 Å². The van der Waals surface area contributed by atoms with Crippen molar-refractivity contribution in [3.05, 3.63) is 28.8 Å². The van der Waals surface area contributed by atoms with Gasteiger partial charge in [-0.1, -0.05) is 18.5 Å². The second-order valence-electron chi connectivity index (χ2n) is 5.15. The maximum Gasteiger partial charge on any atom is 0.240 e. The highest BCUT2D eigenvalue weighted by Gasteiger charge is 2.26. The fourth-order valence-electron chi connectivity index (χ4n) is 2.44. The van der Waals surface area contributed by atoms with Crippen molar-refractivity contribution in [3.63, 3.8) is 0 Å². The topological polar surface area (TPSA) is 66.4 Å². The zero-order valence-electron chi connectivity index (χ0n) is 10.8. The predicted octanol–water partition coefficient (Wildman–Crippen LogP) is 2.30. The van der Waals surface area contributed by atoms with Crippen LogP contribution in [-0.4, -0.2) is 19.6 Å². The van der Waals surface area contributed by atoms with E-state index < -0.39 is 10.0 Å². The van der Waals surface area contributed by atoms with Crippen molar-refractivity contribution < 1.29 is 13.5 Å². The number of nitrogens with one attached hydrogen (secondary N) is 1. The maximum absolute atomic E-state index is 12.2. The first-order valence-electron chi connectivity index (χ1n) is 6.34. The Morgan fingerprint density at radius 2 is 2.16 bits per heavy atom. The molecule has 2 unspecified atom stereocenters. The van der Waals surface area contributed by atoms with Crippen LogP contribution in [0.4, 0.5) is 0 Å². The number of benzene rings is 1. The zero-order valence-corrected chi connectivity index (χ0v) is 12.3. The first kappa shape index (κ1) is 14.8. The van der Waals surface area contributed by atoms with Crippen molar-refractivity contribution in [1.82, 2.24) is 4.72 Å². The van der Waals surface area contributed by atoms with Gasteiger partial charge in [0.15, 0.2) is 0 Å². The standard InChI is InChI=1S/C13H18ClNO3S/c1-9-2-3-11(6-9)15-19(17,18)12-4-5-13(14)10(7-12)8-16/h4-5,7,9,11,15-16H,2-3,6,8H2,1H3. The Bertz CT molecular complexity index is 559. The molecule has 2 N–H and O–H groups in total. The van der Waals surface area contributed by atoms with Crippen LogP contribution in [0.5, 0.6) is 0 Å². The molecule has 1 aliphatic rings. The molecule has 1 aromatic rings. The molecule has 0 aliphatic heterocycles. The minimum atomic E-state index is -3.54. The van der Waals surface area contributed by atoms with E-state index in [1.807, 2.05) is 0 Å². The quantitative estimate of drug-likeness (QED) is 0.897. The van der Waals surface area contributed by atoms with Crippen LogP contribution in [0.25, 0.3) is 0 Å². The monoisotopic (exact) mass is 303 g/mol. The molecule has 2 rings (SSSR count). The van der Waals surface area contributed by atoms with E-state index in [1.165, 1.54) is 18.2 Å². The number of rotatable bonds is 4. The third kappa shape index (κ3) is 3.48.